The highest BCUT2D eigenvalue weighted by Gasteiger charge is 2.20. The standard InChI is InChI=1S/C12H14N4O2/c17-11-5-3-6-14(11)8-9-16-12(18)15-7-2-1-4-10(15)13-16/h1-2,4,7H,3,5-6,8-9H2. The summed E-state index contributed by atoms with van der Waals surface area (Å²) in [7, 11) is 0. The Morgan fingerprint density at radius 3 is 2.83 bits per heavy atom. The Bertz CT molecular complexity index is 643. The van der Waals surface area contributed by atoms with Crippen LogP contribution in [0.1, 0.15) is 12.8 Å². The maximum Gasteiger partial charge on any atom is 0.350 e. The van der Waals surface area contributed by atoms with Gasteiger partial charge in [-0.2, -0.15) is 0 Å². The molecule has 0 aliphatic carbocycles. The second-order valence-corrected chi connectivity index (χ2v) is 4.42. The Kier molecular flexibility index (Phi) is 2.62. The van der Waals surface area contributed by atoms with Crippen molar-refractivity contribution in [3.05, 3.63) is 34.9 Å². The summed E-state index contributed by atoms with van der Waals surface area (Å²) in [5.74, 6) is 0.173. The lowest BCUT2D eigenvalue weighted by atomic mass is 10.4. The molecule has 2 aromatic rings. The van der Waals surface area contributed by atoms with Gasteiger partial charge in [-0.05, 0) is 18.6 Å². The van der Waals surface area contributed by atoms with Gasteiger partial charge in [0.2, 0.25) is 5.91 Å². The molecule has 0 atom stereocenters. The number of nitrogens with zero attached hydrogens (tertiary/aromatic N) is 4. The molecule has 6 heteroatoms. The summed E-state index contributed by atoms with van der Waals surface area (Å²) < 4.78 is 2.92. The molecule has 6 nitrogen and oxygen atoms in total. The highest BCUT2D eigenvalue weighted by molar-refractivity contribution is 5.77. The lowest BCUT2D eigenvalue weighted by Crippen LogP contribution is -2.32. The fourth-order valence-corrected chi connectivity index (χ4v) is 2.27. The van der Waals surface area contributed by atoms with Gasteiger partial charge in [-0.1, -0.05) is 6.07 Å². The molecule has 1 aliphatic heterocycles. The van der Waals surface area contributed by atoms with Crippen LogP contribution in [0.5, 0.6) is 0 Å². The number of carbonyl (C=O) groups excluding carboxylic acids is 1. The van der Waals surface area contributed by atoms with E-state index in [4.69, 9.17) is 0 Å². The first-order valence-electron chi connectivity index (χ1n) is 6.08. The highest BCUT2D eigenvalue weighted by Crippen LogP contribution is 2.08. The molecule has 0 radical (unpaired) electrons. The smallest absolute Gasteiger partial charge is 0.341 e. The minimum atomic E-state index is -0.155. The van der Waals surface area contributed by atoms with Crippen LogP contribution in [0, 0.1) is 0 Å². The van der Waals surface area contributed by atoms with Crippen LogP contribution in [0.2, 0.25) is 0 Å². The van der Waals surface area contributed by atoms with Gasteiger partial charge >= 0.3 is 5.69 Å². The Labute approximate surface area is 103 Å². The molecule has 3 rings (SSSR count). The average Bonchev–Trinajstić information content (AvgIpc) is 2.92. The fraction of sp³-hybridized carbons (Fsp3) is 0.417. The Hall–Kier alpha value is -2.11. The van der Waals surface area contributed by atoms with Gasteiger partial charge in [0.15, 0.2) is 5.65 Å². The molecular weight excluding hydrogens is 232 g/mol. The summed E-state index contributed by atoms with van der Waals surface area (Å²) in [6, 6.07) is 5.43. The fourth-order valence-electron chi connectivity index (χ4n) is 2.27. The maximum atomic E-state index is 12.0. The topological polar surface area (TPSA) is 59.6 Å². The molecule has 3 heterocycles. The van der Waals surface area contributed by atoms with Gasteiger partial charge in [-0.3, -0.25) is 9.20 Å². The van der Waals surface area contributed by atoms with Crippen molar-refractivity contribution >= 4 is 11.6 Å². The van der Waals surface area contributed by atoms with Gasteiger partial charge in [0.1, 0.15) is 0 Å². The van der Waals surface area contributed by atoms with Crippen molar-refractivity contribution in [2.75, 3.05) is 13.1 Å². The third kappa shape index (κ3) is 1.79. The van der Waals surface area contributed by atoms with Crippen molar-refractivity contribution in [1.29, 1.82) is 0 Å². The molecule has 1 saturated heterocycles. The number of amides is 1. The Balaban J connectivity index is 1.80. The van der Waals surface area contributed by atoms with Crippen LogP contribution in [0.15, 0.2) is 29.2 Å². The van der Waals surface area contributed by atoms with Crippen LogP contribution in [-0.2, 0) is 11.3 Å². The summed E-state index contributed by atoms with van der Waals surface area (Å²) in [6.45, 7) is 1.80. The molecule has 0 saturated carbocycles. The van der Waals surface area contributed by atoms with Crippen molar-refractivity contribution in [2.45, 2.75) is 19.4 Å². The lowest BCUT2D eigenvalue weighted by molar-refractivity contribution is -0.127. The first kappa shape index (κ1) is 11.0. The van der Waals surface area contributed by atoms with E-state index in [1.54, 1.807) is 23.2 Å². The number of pyridine rings is 1. The van der Waals surface area contributed by atoms with Crippen LogP contribution in [0.4, 0.5) is 0 Å². The number of hydrogen-bond acceptors (Lipinski definition) is 3. The van der Waals surface area contributed by atoms with Gasteiger partial charge in [0.25, 0.3) is 0 Å². The number of hydrogen-bond donors (Lipinski definition) is 0. The van der Waals surface area contributed by atoms with E-state index in [0.29, 0.717) is 25.2 Å². The molecule has 1 aliphatic rings. The lowest BCUT2D eigenvalue weighted by Gasteiger charge is -2.14. The van der Waals surface area contributed by atoms with E-state index in [9.17, 15) is 9.59 Å². The number of likely N-dealkylation sites (tertiary alicyclic amines) is 1. The van der Waals surface area contributed by atoms with E-state index in [1.807, 2.05) is 6.07 Å². The highest BCUT2D eigenvalue weighted by atomic mass is 16.2. The molecule has 0 spiro atoms. The molecule has 0 bridgehead atoms. The number of rotatable bonds is 3. The number of aromatic nitrogens is 3. The molecule has 1 amide bonds. The minimum Gasteiger partial charge on any atom is -0.341 e. The predicted octanol–water partition coefficient (Wildman–Crippen LogP) is 0.118. The molecule has 0 unspecified atom stereocenters. The summed E-state index contributed by atoms with van der Waals surface area (Å²) in [5.41, 5.74) is 0.479. The van der Waals surface area contributed by atoms with Gasteiger partial charge in [-0.25, -0.2) is 9.48 Å². The first-order chi connectivity index (χ1) is 8.75. The van der Waals surface area contributed by atoms with E-state index in [2.05, 4.69) is 5.10 Å². The molecule has 2 aromatic heterocycles. The monoisotopic (exact) mass is 246 g/mol. The van der Waals surface area contributed by atoms with Gasteiger partial charge < -0.3 is 4.90 Å². The maximum absolute atomic E-state index is 12.0. The van der Waals surface area contributed by atoms with Crippen molar-refractivity contribution < 1.29 is 4.79 Å². The quantitative estimate of drug-likeness (QED) is 0.772. The second-order valence-electron chi connectivity index (χ2n) is 4.42. The third-order valence-corrected chi connectivity index (χ3v) is 3.24. The Morgan fingerprint density at radius 2 is 2.11 bits per heavy atom. The van der Waals surface area contributed by atoms with E-state index in [1.165, 1.54) is 9.08 Å². The largest absolute Gasteiger partial charge is 0.350 e. The van der Waals surface area contributed by atoms with Crippen LogP contribution in [-0.4, -0.2) is 38.1 Å². The minimum absolute atomic E-state index is 0.155. The van der Waals surface area contributed by atoms with Crippen LogP contribution in [0.3, 0.4) is 0 Å². The summed E-state index contributed by atoms with van der Waals surface area (Å²) in [4.78, 5) is 25.2. The van der Waals surface area contributed by atoms with Crippen LogP contribution >= 0.6 is 0 Å². The Morgan fingerprint density at radius 1 is 1.22 bits per heavy atom. The predicted molar refractivity (Wildman–Crippen MR) is 65.3 cm³/mol. The normalized spacial score (nSPS) is 15.8. The first-order valence-corrected chi connectivity index (χ1v) is 6.08. The van der Waals surface area contributed by atoms with E-state index in [0.717, 1.165) is 13.0 Å². The van der Waals surface area contributed by atoms with Gasteiger partial charge in [0.05, 0.1) is 6.54 Å². The van der Waals surface area contributed by atoms with E-state index in [-0.39, 0.29) is 11.6 Å². The SMILES string of the molecule is O=C1CCCN1CCn1nc2ccccn2c1=O. The molecule has 1 fully saturated rings. The van der Waals surface area contributed by atoms with Gasteiger partial charge in [0, 0.05) is 25.7 Å². The molecule has 0 N–H and O–H groups in total. The van der Waals surface area contributed by atoms with Crippen molar-refractivity contribution in [2.24, 2.45) is 0 Å². The van der Waals surface area contributed by atoms with E-state index < -0.39 is 0 Å². The average molecular weight is 246 g/mol. The molecular formula is C12H14N4O2. The zero-order valence-corrected chi connectivity index (χ0v) is 9.95. The van der Waals surface area contributed by atoms with Crippen molar-refractivity contribution in [3.63, 3.8) is 0 Å². The van der Waals surface area contributed by atoms with Gasteiger partial charge in [-0.15, -0.1) is 5.10 Å². The summed E-state index contributed by atoms with van der Waals surface area (Å²) >= 11 is 0. The molecule has 94 valence electrons. The summed E-state index contributed by atoms with van der Waals surface area (Å²) in [6.07, 6.45) is 3.24. The molecule has 0 aromatic carbocycles. The summed E-state index contributed by atoms with van der Waals surface area (Å²) in [5, 5.41) is 4.23. The van der Waals surface area contributed by atoms with Crippen LogP contribution in [0.25, 0.3) is 5.65 Å². The number of carbonyl (C=O) groups is 1. The zero-order chi connectivity index (χ0) is 12.5. The van der Waals surface area contributed by atoms with E-state index >= 15 is 0 Å². The van der Waals surface area contributed by atoms with Crippen molar-refractivity contribution in [3.8, 4) is 0 Å². The number of fused-ring (bicyclic) bond motifs is 1. The van der Waals surface area contributed by atoms with Crippen molar-refractivity contribution in [1.82, 2.24) is 19.1 Å². The third-order valence-electron chi connectivity index (χ3n) is 3.24. The second kappa shape index (κ2) is 4.29. The van der Waals surface area contributed by atoms with Crippen LogP contribution < -0.4 is 5.69 Å². The zero-order valence-electron chi connectivity index (χ0n) is 9.95. The molecule has 18 heavy (non-hydrogen) atoms.